The van der Waals surface area contributed by atoms with Gasteiger partial charge in [-0.2, -0.15) is 0 Å². The van der Waals surface area contributed by atoms with Crippen molar-refractivity contribution in [2.75, 3.05) is 36.0 Å². The van der Waals surface area contributed by atoms with Crippen LogP contribution in [0.1, 0.15) is 18.0 Å². The Morgan fingerprint density at radius 1 is 1.11 bits per heavy atom. The SMILES string of the molecule is CN(C)C(C(=O)Nc1ccc(N2CCCS2(=O)=O)cc1)c1ccc(Cl)cc1. The van der Waals surface area contributed by atoms with Crippen molar-refractivity contribution in [3.8, 4) is 0 Å². The Hall–Kier alpha value is -2.09. The van der Waals surface area contributed by atoms with E-state index in [0.717, 1.165) is 5.56 Å². The number of carbonyl (C=O) groups is 1. The van der Waals surface area contributed by atoms with E-state index < -0.39 is 16.1 Å². The molecule has 2 aromatic carbocycles. The monoisotopic (exact) mass is 407 g/mol. The summed E-state index contributed by atoms with van der Waals surface area (Å²) in [6.07, 6.45) is 0.631. The van der Waals surface area contributed by atoms with Gasteiger partial charge in [-0.3, -0.25) is 14.0 Å². The molecule has 0 bridgehead atoms. The van der Waals surface area contributed by atoms with Gasteiger partial charge in [0.15, 0.2) is 0 Å². The number of nitrogens with zero attached hydrogens (tertiary/aromatic N) is 2. The number of likely N-dealkylation sites (N-methyl/N-ethyl adjacent to an activating group) is 1. The Morgan fingerprint density at radius 2 is 1.74 bits per heavy atom. The fourth-order valence-electron chi connectivity index (χ4n) is 3.18. The molecule has 1 aliphatic heterocycles. The van der Waals surface area contributed by atoms with Gasteiger partial charge < -0.3 is 5.32 Å². The third-order valence-electron chi connectivity index (χ3n) is 4.47. The number of rotatable bonds is 5. The molecule has 1 atom stereocenters. The van der Waals surface area contributed by atoms with E-state index in [1.807, 2.05) is 31.1 Å². The van der Waals surface area contributed by atoms with Crippen LogP contribution in [-0.4, -0.2) is 45.6 Å². The lowest BCUT2D eigenvalue weighted by Gasteiger charge is -2.24. The van der Waals surface area contributed by atoms with Crippen molar-refractivity contribution in [2.24, 2.45) is 0 Å². The number of carbonyl (C=O) groups excluding carboxylic acids is 1. The summed E-state index contributed by atoms with van der Waals surface area (Å²) in [5, 5.41) is 3.51. The molecule has 0 saturated carbocycles. The Labute approximate surface area is 164 Å². The second-order valence-electron chi connectivity index (χ2n) is 6.70. The second kappa shape index (κ2) is 7.88. The van der Waals surface area contributed by atoms with E-state index in [1.54, 1.807) is 36.4 Å². The molecule has 144 valence electrons. The summed E-state index contributed by atoms with van der Waals surface area (Å²) in [4.78, 5) is 14.6. The van der Waals surface area contributed by atoms with E-state index in [0.29, 0.717) is 29.4 Å². The molecule has 6 nitrogen and oxygen atoms in total. The van der Waals surface area contributed by atoms with Crippen molar-refractivity contribution in [1.29, 1.82) is 0 Å². The topological polar surface area (TPSA) is 69.7 Å². The van der Waals surface area contributed by atoms with E-state index in [2.05, 4.69) is 5.32 Å². The maximum absolute atomic E-state index is 12.8. The third kappa shape index (κ3) is 4.43. The smallest absolute Gasteiger partial charge is 0.246 e. The van der Waals surface area contributed by atoms with Crippen LogP contribution in [0, 0.1) is 0 Å². The highest BCUT2D eigenvalue weighted by Crippen LogP contribution is 2.26. The highest BCUT2D eigenvalue weighted by atomic mass is 35.5. The zero-order chi connectivity index (χ0) is 19.6. The van der Waals surface area contributed by atoms with E-state index in [1.165, 1.54) is 4.31 Å². The van der Waals surface area contributed by atoms with Gasteiger partial charge in [-0.25, -0.2) is 8.42 Å². The second-order valence-corrected chi connectivity index (χ2v) is 9.14. The first-order valence-corrected chi connectivity index (χ1v) is 10.6. The molecule has 27 heavy (non-hydrogen) atoms. The number of hydrogen-bond donors (Lipinski definition) is 1. The summed E-state index contributed by atoms with van der Waals surface area (Å²) in [5.74, 6) is 0.000697. The summed E-state index contributed by atoms with van der Waals surface area (Å²) in [6.45, 7) is 0.493. The number of nitrogens with one attached hydrogen (secondary N) is 1. The molecule has 1 heterocycles. The Balaban J connectivity index is 1.75. The molecule has 0 aliphatic carbocycles. The lowest BCUT2D eigenvalue weighted by molar-refractivity contribution is -0.120. The molecule has 8 heteroatoms. The first-order valence-electron chi connectivity index (χ1n) is 8.61. The van der Waals surface area contributed by atoms with Crippen molar-refractivity contribution >= 4 is 38.9 Å². The van der Waals surface area contributed by atoms with Gasteiger partial charge in [-0.15, -0.1) is 0 Å². The van der Waals surface area contributed by atoms with Gasteiger partial charge in [0.1, 0.15) is 6.04 Å². The lowest BCUT2D eigenvalue weighted by atomic mass is 10.1. The summed E-state index contributed by atoms with van der Waals surface area (Å²) >= 11 is 5.93. The molecule has 2 aromatic rings. The number of hydrogen-bond acceptors (Lipinski definition) is 4. The summed E-state index contributed by atoms with van der Waals surface area (Å²) in [6, 6.07) is 13.6. The minimum absolute atomic E-state index is 0.177. The Bertz CT molecular complexity index is 912. The van der Waals surface area contributed by atoms with Gasteiger partial charge in [0.2, 0.25) is 15.9 Å². The van der Waals surface area contributed by atoms with Crippen LogP contribution >= 0.6 is 11.6 Å². The first-order chi connectivity index (χ1) is 12.8. The largest absolute Gasteiger partial charge is 0.324 e. The predicted molar refractivity (Wildman–Crippen MR) is 109 cm³/mol. The fourth-order valence-corrected chi connectivity index (χ4v) is 4.87. The molecule has 0 aromatic heterocycles. The molecule has 1 amide bonds. The van der Waals surface area contributed by atoms with Gasteiger partial charge in [0, 0.05) is 17.3 Å². The van der Waals surface area contributed by atoms with Crippen molar-refractivity contribution in [3.63, 3.8) is 0 Å². The number of anilines is 2. The van der Waals surface area contributed by atoms with Crippen molar-refractivity contribution in [1.82, 2.24) is 4.90 Å². The number of amides is 1. The van der Waals surface area contributed by atoms with Crippen LogP contribution in [0.15, 0.2) is 48.5 Å². The van der Waals surface area contributed by atoms with E-state index in [4.69, 9.17) is 11.6 Å². The highest BCUT2D eigenvalue weighted by molar-refractivity contribution is 7.93. The average molecular weight is 408 g/mol. The van der Waals surface area contributed by atoms with Crippen molar-refractivity contribution < 1.29 is 13.2 Å². The van der Waals surface area contributed by atoms with Gasteiger partial charge >= 0.3 is 0 Å². The van der Waals surface area contributed by atoms with Gasteiger partial charge in [0.05, 0.1) is 11.4 Å². The molecule has 3 rings (SSSR count). The lowest BCUT2D eigenvalue weighted by Crippen LogP contribution is -2.32. The Morgan fingerprint density at radius 3 is 2.26 bits per heavy atom. The molecule has 1 aliphatic rings. The quantitative estimate of drug-likeness (QED) is 0.826. The summed E-state index contributed by atoms with van der Waals surface area (Å²) < 4.78 is 25.4. The standard InChI is InChI=1S/C19H22ClN3O3S/c1-22(2)18(14-4-6-15(20)7-5-14)19(24)21-16-8-10-17(11-9-16)23-12-3-13-27(23,25)26/h4-11,18H,3,12-13H2,1-2H3,(H,21,24). The molecule has 0 radical (unpaired) electrons. The normalized spacial score (nSPS) is 17.1. The van der Waals surface area contributed by atoms with Crippen LogP contribution in [0.2, 0.25) is 5.02 Å². The number of benzene rings is 2. The maximum atomic E-state index is 12.8. The first kappa shape index (κ1) is 19.7. The van der Waals surface area contributed by atoms with Crippen LogP contribution in [0.4, 0.5) is 11.4 Å². The Kier molecular flexibility index (Phi) is 5.74. The van der Waals surface area contributed by atoms with Gasteiger partial charge in [0.25, 0.3) is 0 Å². The third-order valence-corrected chi connectivity index (χ3v) is 6.59. The van der Waals surface area contributed by atoms with Crippen LogP contribution in [0.3, 0.4) is 0 Å². The van der Waals surface area contributed by atoms with E-state index in [-0.39, 0.29) is 11.7 Å². The highest BCUT2D eigenvalue weighted by Gasteiger charge is 2.28. The molecule has 0 spiro atoms. The van der Waals surface area contributed by atoms with Crippen molar-refractivity contribution in [3.05, 3.63) is 59.1 Å². The molecule has 1 unspecified atom stereocenters. The minimum atomic E-state index is -3.21. The van der Waals surface area contributed by atoms with E-state index >= 15 is 0 Å². The zero-order valence-electron chi connectivity index (χ0n) is 15.2. The molecule has 1 fully saturated rings. The van der Waals surface area contributed by atoms with Gasteiger partial charge in [-0.1, -0.05) is 23.7 Å². The molecule has 1 N–H and O–H groups in total. The number of sulfonamides is 1. The molecular weight excluding hydrogens is 386 g/mol. The molecule has 1 saturated heterocycles. The minimum Gasteiger partial charge on any atom is -0.324 e. The predicted octanol–water partition coefficient (Wildman–Crippen LogP) is 3.12. The fraction of sp³-hybridized carbons (Fsp3) is 0.316. The maximum Gasteiger partial charge on any atom is 0.246 e. The van der Waals surface area contributed by atoms with Crippen LogP contribution in [0.5, 0.6) is 0 Å². The molecular formula is C19H22ClN3O3S. The summed E-state index contributed by atoms with van der Waals surface area (Å²) in [7, 11) is 0.455. The summed E-state index contributed by atoms with van der Waals surface area (Å²) in [5.41, 5.74) is 2.06. The van der Waals surface area contributed by atoms with Crippen LogP contribution in [-0.2, 0) is 14.8 Å². The van der Waals surface area contributed by atoms with Gasteiger partial charge in [-0.05, 0) is 62.5 Å². The van der Waals surface area contributed by atoms with Crippen LogP contribution < -0.4 is 9.62 Å². The van der Waals surface area contributed by atoms with Crippen molar-refractivity contribution in [2.45, 2.75) is 12.5 Å². The number of halogens is 1. The van der Waals surface area contributed by atoms with E-state index in [9.17, 15) is 13.2 Å². The zero-order valence-corrected chi connectivity index (χ0v) is 16.8. The average Bonchev–Trinajstić information content (AvgIpc) is 2.96. The van der Waals surface area contributed by atoms with Crippen LogP contribution in [0.25, 0.3) is 0 Å².